The van der Waals surface area contributed by atoms with Crippen molar-refractivity contribution in [3.05, 3.63) is 218 Å². The summed E-state index contributed by atoms with van der Waals surface area (Å²) in [6.07, 6.45) is 0. The van der Waals surface area contributed by atoms with Crippen molar-refractivity contribution >= 4 is 107 Å². The molecule has 0 atom stereocenters. The Morgan fingerprint density at radius 1 is 0.300 bits per heavy atom. The fourth-order valence-electron chi connectivity index (χ4n) is 10.6. The van der Waals surface area contributed by atoms with E-state index in [2.05, 4.69) is 188 Å². The molecule has 10 aromatic carbocycles. The summed E-state index contributed by atoms with van der Waals surface area (Å²) < 4.78 is 18.3. The highest BCUT2D eigenvalue weighted by atomic mass is 32.1. The minimum absolute atomic E-state index is 0.646. The number of aromatic nitrogens is 2. The molecule has 6 heteroatoms. The van der Waals surface area contributed by atoms with Crippen LogP contribution in [0.5, 0.6) is 0 Å². The number of nitrogens with zero attached hydrogens (tertiary/aromatic N) is 2. The number of benzene rings is 10. The lowest BCUT2D eigenvalue weighted by Crippen LogP contribution is -1.94. The van der Waals surface area contributed by atoms with Gasteiger partial charge < -0.3 is 8.83 Å². The quantitative estimate of drug-likeness (QED) is 0.167. The van der Waals surface area contributed by atoms with Crippen LogP contribution >= 0.6 is 22.7 Å². The molecule has 0 N–H and O–H groups in total. The summed E-state index contributed by atoms with van der Waals surface area (Å²) in [5.41, 5.74) is 15.9. The third-order valence-electron chi connectivity index (χ3n) is 13.9. The highest BCUT2D eigenvalue weighted by molar-refractivity contribution is 7.26. The lowest BCUT2D eigenvalue weighted by molar-refractivity contribution is 0.667. The van der Waals surface area contributed by atoms with Crippen LogP contribution in [0.4, 0.5) is 0 Å². The molecular weight excluding hydrogens is 893 g/mol. The highest BCUT2D eigenvalue weighted by Gasteiger charge is 2.21. The van der Waals surface area contributed by atoms with Crippen molar-refractivity contribution in [2.24, 2.45) is 0 Å². The predicted octanol–water partition coefficient (Wildman–Crippen LogP) is 19.0. The zero-order valence-corrected chi connectivity index (χ0v) is 38.9. The number of furan rings is 2. The number of thiophene rings is 2. The Bertz CT molecular complexity index is 4610. The maximum Gasteiger partial charge on any atom is 0.180 e. The van der Waals surface area contributed by atoms with Gasteiger partial charge in [-0.25, -0.2) is 9.97 Å². The van der Waals surface area contributed by atoms with E-state index in [1.54, 1.807) is 0 Å². The van der Waals surface area contributed by atoms with Gasteiger partial charge in [-0.1, -0.05) is 170 Å². The molecule has 5 aromatic heterocycles. The summed E-state index contributed by atoms with van der Waals surface area (Å²) >= 11 is 3.69. The maximum atomic E-state index is 6.70. The van der Waals surface area contributed by atoms with Gasteiger partial charge in [-0.3, -0.25) is 0 Å². The molecule has 15 aromatic rings. The molecule has 0 bridgehead atoms. The molecule has 0 saturated heterocycles. The summed E-state index contributed by atoms with van der Waals surface area (Å²) in [6.45, 7) is 0. The van der Waals surface area contributed by atoms with Gasteiger partial charge in [0.05, 0.1) is 0 Å². The third-order valence-corrected chi connectivity index (χ3v) is 16.4. The topological polar surface area (TPSA) is 52.1 Å². The van der Waals surface area contributed by atoms with Crippen molar-refractivity contribution < 1.29 is 8.83 Å². The SMILES string of the molecule is c1ccc(-c2nc(-c3cccc(-c4cccc5c4sc4ccc(-c6cccc7c6oc6ccccc67)cc45)c3)nc3c2oc2ccc(-c4cccc(-c5cccc6c5sc5ccccc56)c4)cc23)cc1. The van der Waals surface area contributed by atoms with Gasteiger partial charge in [-0.2, -0.15) is 0 Å². The standard InChI is InChI=1S/C64H36N2O2S2/c1-2-13-37(14-3-1)58-61-59(53-35-39(29-31-55(53)68-61)38-15-8-16-40(33-38)45-22-11-25-50-48-20-5-7-28-56(48)69-62(45)50)66-64(65-58)43-18-9-17-41(34-43)46-23-12-26-51-52-36-42(30-32-57(52)70-63(46)51)44-21-10-24-49-47-19-4-6-27-54(47)67-60(44)49/h1-36H. The van der Waals surface area contributed by atoms with Crippen LogP contribution in [-0.4, -0.2) is 9.97 Å². The van der Waals surface area contributed by atoms with Gasteiger partial charge in [0.1, 0.15) is 28.0 Å². The van der Waals surface area contributed by atoms with Gasteiger partial charge >= 0.3 is 0 Å². The van der Waals surface area contributed by atoms with E-state index in [1.807, 2.05) is 53.0 Å². The van der Waals surface area contributed by atoms with Crippen LogP contribution in [0.15, 0.2) is 227 Å². The molecule has 15 rings (SSSR count). The van der Waals surface area contributed by atoms with E-state index in [-0.39, 0.29) is 0 Å². The summed E-state index contributed by atoms with van der Waals surface area (Å²) in [4.78, 5) is 10.7. The minimum atomic E-state index is 0.646. The number of para-hydroxylation sites is 2. The molecular formula is C64H36N2O2S2. The zero-order valence-electron chi connectivity index (χ0n) is 37.3. The van der Waals surface area contributed by atoms with Crippen molar-refractivity contribution in [3.8, 4) is 67.2 Å². The third kappa shape index (κ3) is 6.14. The number of fused-ring (bicyclic) bond motifs is 12. The Kier molecular flexibility index (Phi) is 8.66. The van der Waals surface area contributed by atoms with E-state index in [4.69, 9.17) is 18.8 Å². The summed E-state index contributed by atoms with van der Waals surface area (Å²) in [7, 11) is 0. The van der Waals surface area contributed by atoms with Crippen LogP contribution in [0.25, 0.3) is 152 Å². The summed E-state index contributed by atoms with van der Waals surface area (Å²) in [5.74, 6) is 0.646. The van der Waals surface area contributed by atoms with Crippen molar-refractivity contribution in [3.63, 3.8) is 0 Å². The van der Waals surface area contributed by atoms with Gasteiger partial charge in [0, 0.05) is 73.2 Å². The van der Waals surface area contributed by atoms with E-state index in [9.17, 15) is 0 Å². The molecule has 0 aliphatic carbocycles. The molecule has 0 unspecified atom stereocenters. The second-order valence-electron chi connectivity index (χ2n) is 18.0. The van der Waals surface area contributed by atoms with E-state index in [0.29, 0.717) is 11.4 Å². The van der Waals surface area contributed by atoms with Gasteiger partial charge in [-0.15, -0.1) is 22.7 Å². The molecule has 0 amide bonds. The molecule has 4 nitrogen and oxygen atoms in total. The van der Waals surface area contributed by atoms with Gasteiger partial charge in [-0.05, 0) is 87.5 Å². The van der Waals surface area contributed by atoms with E-state index < -0.39 is 0 Å². The second-order valence-corrected chi connectivity index (χ2v) is 20.1. The molecule has 0 saturated carbocycles. The first-order valence-corrected chi connectivity index (χ1v) is 25.1. The lowest BCUT2D eigenvalue weighted by atomic mass is 9.97. The number of hydrogen-bond acceptors (Lipinski definition) is 6. The van der Waals surface area contributed by atoms with E-state index in [1.165, 1.54) is 57.0 Å². The first-order valence-electron chi connectivity index (χ1n) is 23.4. The van der Waals surface area contributed by atoms with E-state index in [0.717, 1.165) is 83.1 Å². The van der Waals surface area contributed by atoms with Crippen molar-refractivity contribution in [2.45, 2.75) is 0 Å². The monoisotopic (exact) mass is 928 g/mol. The summed E-state index contributed by atoms with van der Waals surface area (Å²) in [6, 6.07) is 77.9. The molecule has 326 valence electrons. The normalized spacial score (nSPS) is 12.0. The molecule has 70 heavy (non-hydrogen) atoms. The zero-order chi connectivity index (χ0) is 45.9. The molecule has 0 fully saturated rings. The van der Waals surface area contributed by atoms with Crippen LogP contribution in [0.1, 0.15) is 0 Å². The fraction of sp³-hybridized carbons (Fsp3) is 0. The Morgan fingerprint density at radius 3 is 1.64 bits per heavy atom. The summed E-state index contributed by atoms with van der Waals surface area (Å²) in [5, 5.41) is 8.28. The first-order chi connectivity index (χ1) is 34.7. The second kappa shape index (κ2) is 15.4. The molecule has 0 radical (unpaired) electrons. The van der Waals surface area contributed by atoms with Gasteiger partial charge in [0.2, 0.25) is 0 Å². The predicted molar refractivity (Wildman–Crippen MR) is 295 cm³/mol. The Hall–Kier alpha value is -8.68. The van der Waals surface area contributed by atoms with Crippen molar-refractivity contribution in [1.82, 2.24) is 9.97 Å². The van der Waals surface area contributed by atoms with Crippen LogP contribution in [0.2, 0.25) is 0 Å². The average molecular weight is 929 g/mol. The number of rotatable bonds is 6. The Balaban J connectivity index is 0.841. The molecule has 5 heterocycles. The Labute approximate surface area is 409 Å². The largest absolute Gasteiger partial charge is 0.455 e. The average Bonchev–Trinajstić information content (AvgIpc) is 4.21. The molecule has 0 spiro atoms. The van der Waals surface area contributed by atoms with Crippen molar-refractivity contribution in [1.29, 1.82) is 0 Å². The minimum Gasteiger partial charge on any atom is -0.455 e. The van der Waals surface area contributed by atoms with E-state index >= 15 is 0 Å². The smallest absolute Gasteiger partial charge is 0.180 e. The van der Waals surface area contributed by atoms with Gasteiger partial charge in [0.15, 0.2) is 11.4 Å². The number of hydrogen-bond donors (Lipinski definition) is 0. The van der Waals surface area contributed by atoms with Crippen LogP contribution in [0, 0.1) is 0 Å². The lowest BCUT2D eigenvalue weighted by Gasteiger charge is -2.09. The molecule has 0 aliphatic heterocycles. The van der Waals surface area contributed by atoms with Crippen LogP contribution in [-0.2, 0) is 0 Å². The Morgan fingerprint density at radius 2 is 0.829 bits per heavy atom. The van der Waals surface area contributed by atoms with Crippen LogP contribution < -0.4 is 0 Å². The van der Waals surface area contributed by atoms with Crippen molar-refractivity contribution in [2.75, 3.05) is 0 Å². The van der Waals surface area contributed by atoms with Crippen LogP contribution in [0.3, 0.4) is 0 Å². The fourth-order valence-corrected chi connectivity index (χ4v) is 13.0. The first kappa shape index (κ1) is 39.3. The highest BCUT2D eigenvalue weighted by Crippen LogP contribution is 2.45. The molecule has 0 aliphatic rings. The maximum absolute atomic E-state index is 6.70. The van der Waals surface area contributed by atoms with Gasteiger partial charge in [0.25, 0.3) is 0 Å².